The summed E-state index contributed by atoms with van der Waals surface area (Å²) >= 11 is 0. The second kappa shape index (κ2) is 10.9. The zero-order valence-electron chi connectivity index (χ0n) is 19.6. The fourth-order valence-corrected chi connectivity index (χ4v) is 4.78. The molecule has 0 aromatic heterocycles. The standard InChI is InChI=1S/C26H30N2O7/c1-33-22(23(29)30)14-27-24(31)26(10-12-34-13-11-26)16-28-25(32)35-15-21-19-8-4-2-6-17(19)18-7-3-5-9-20(18)21/h2-9,21-22H,10-16H2,1H3,(H,27,31)(H,28,32)(H,29,30). The zero-order chi connectivity index (χ0) is 24.8. The summed E-state index contributed by atoms with van der Waals surface area (Å²) < 4.78 is 15.9. The van der Waals surface area contributed by atoms with Crippen LogP contribution >= 0.6 is 0 Å². The molecule has 1 aliphatic heterocycles. The van der Waals surface area contributed by atoms with E-state index in [-0.39, 0.29) is 31.5 Å². The van der Waals surface area contributed by atoms with Crippen molar-refractivity contribution in [2.24, 2.45) is 5.41 Å². The number of ether oxygens (including phenoxy) is 3. The van der Waals surface area contributed by atoms with E-state index in [4.69, 9.17) is 19.3 Å². The number of aliphatic carboxylic acids is 1. The molecule has 9 heteroatoms. The molecule has 2 aromatic rings. The number of alkyl carbamates (subject to hydrolysis) is 1. The lowest BCUT2D eigenvalue weighted by molar-refractivity contribution is -0.149. The average molecular weight is 483 g/mol. The highest BCUT2D eigenvalue weighted by Crippen LogP contribution is 2.44. The topological polar surface area (TPSA) is 123 Å². The molecule has 0 saturated carbocycles. The molecule has 2 amide bonds. The Balaban J connectivity index is 1.37. The summed E-state index contributed by atoms with van der Waals surface area (Å²) in [5.41, 5.74) is 3.61. The van der Waals surface area contributed by atoms with Gasteiger partial charge in [-0.2, -0.15) is 0 Å². The highest BCUT2D eigenvalue weighted by Gasteiger charge is 2.41. The monoisotopic (exact) mass is 482 g/mol. The number of hydrogen-bond acceptors (Lipinski definition) is 6. The van der Waals surface area contributed by atoms with Crippen molar-refractivity contribution in [3.63, 3.8) is 0 Å². The summed E-state index contributed by atoms with van der Waals surface area (Å²) in [7, 11) is 1.27. The molecule has 2 aromatic carbocycles. The number of carbonyl (C=O) groups excluding carboxylic acids is 2. The molecule has 4 rings (SSSR count). The van der Waals surface area contributed by atoms with Crippen LogP contribution in [0.4, 0.5) is 4.79 Å². The third-order valence-electron chi connectivity index (χ3n) is 6.85. The van der Waals surface area contributed by atoms with Crippen molar-refractivity contribution in [2.75, 3.05) is 40.0 Å². The molecule has 0 radical (unpaired) electrons. The fraction of sp³-hybridized carbons (Fsp3) is 0.423. The van der Waals surface area contributed by atoms with E-state index in [0.717, 1.165) is 22.3 Å². The Morgan fingerprint density at radius 1 is 1.03 bits per heavy atom. The number of fused-ring (bicyclic) bond motifs is 3. The average Bonchev–Trinajstić information content (AvgIpc) is 3.20. The van der Waals surface area contributed by atoms with Crippen molar-refractivity contribution >= 4 is 18.0 Å². The van der Waals surface area contributed by atoms with Crippen molar-refractivity contribution < 1.29 is 33.7 Å². The van der Waals surface area contributed by atoms with Gasteiger partial charge in [0.15, 0.2) is 6.10 Å². The Morgan fingerprint density at radius 3 is 2.20 bits per heavy atom. The van der Waals surface area contributed by atoms with E-state index in [2.05, 4.69) is 22.8 Å². The minimum atomic E-state index is -1.16. The van der Waals surface area contributed by atoms with E-state index < -0.39 is 23.6 Å². The Hall–Kier alpha value is -3.43. The molecular formula is C26H30N2O7. The Morgan fingerprint density at radius 2 is 1.63 bits per heavy atom. The van der Waals surface area contributed by atoms with Crippen molar-refractivity contribution in [1.82, 2.24) is 10.6 Å². The van der Waals surface area contributed by atoms with Crippen LogP contribution in [0.1, 0.15) is 29.9 Å². The van der Waals surface area contributed by atoms with Crippen LogP contribution in [0.25, 0.3) is 11.1 Å². The number of amides is 2. The minimum Gasteiger partial charge on any atom is -0.479 e. The maximum atomic E-state index is 13.0. The van der Waals surface area contributed by atoms with Crippen LogP contribution < -0.4 is 10.6 Å². The van der Waals surface area contributed by atoms with Gasteiger partial charge in [-0.1, -0.05) is 48.5 Å². The van der Waals surface area contributed by atoms with Crippen LogP contribution in [-0.2, 0) is 23.8 Å². The number of carboxylic acid groups (broad SMARTS) is 1. The number of hydrogen-bond donors (Lipinski definition) is 3. The van der Waals surface area contributed by atoms with Crippen LogP contribution in [0.15, 0.2) is 48.5 Å². The second-order valence-corrected chi connectivity index (χ2v) is 8.84. The summed E-state index contributed by atoms with van der Waals surface area (Å²) in [4.78, 5) is 36.8. The number of methoxy groups -OCH3 is 1. The minimum absolute atomic E-state index is 0.0591. The van der Waals surface area contributed by atoms with E-state index in [0.29, 0.717) is 26.1 Å². The van der Waals surface area contributed by atoms with Gasteiger partial charge in [0.05, 0.1) is 12.0 Å². The third-order valence-corrected chi connectivity index (χ3v) is 6.85. The maximum Gasteiger partial charge on any atom is 0.407 e. The Kier molecular flexibility index (Phi) is 7.67. The van der Waals surface area contributed by atoms with Gasteiger partial charge in [-0.05, 0) is 35.1 Å². The van der Waals surface area contributed by atoms with Gasteiger partial charge in [0.1, 0.15) is 6.61 Å². The number of carbonyl (C=O) groups is 3. The van der Waals surface area contributed by atoms with Gasteiger partial charge in [0, 0.05) is 32.8 Å². The highest BCUT2D eigenvalue weighted by atomic mass is 16.5. The first kappa shape index (κ1) is 24.7. The number of nitrogens with one attached hydrogen (secondary N) is 2. The highest BCUT2D eigenvalue weighted by molar-refractivity contribution is 5.84. The van der Waals surface area contributed by atoms with Crippen LogP contribution in [0.2, 0.25) is 0 Å². The van der Waals surface area contributed by atoms with E-state index >= 15 is 0 Å². The van der Waals surface area contributed by atoms with E-state index in [1.165, 1.54) is 7.11 Å². The van der Waals surface area contributed by atoms with Gasteiger partial charge < -0.3 is 30.0 Å². The lowest BCUT2D eigenvalue weighted by atomic mass is 9.79. The SMILES string of the molecule is COC(CNC(=O)C1(CNC(=O)OCC2c3ccccc3-c3ccccc32)CCOCC1)C(=O)O. The summed E-state index contributed by atoms with van der Waals surface area (Å²) in [5, 5.41) is 14.5. The van der Waals surface area contributed by atoms with Gasteiger partial charge in [0.2, 0.25) is 5.91 Å². The number of rotatable bonds is 9. The van der Waals surface area contributed by atoms with Gasteiger partial charge in [0.25, 0.3) is 0 Å². The summed E-state index contributed by atoms with van der Waals surface area (Å²) in [5.74, 6) is -1.57. The van der Waals surface area contributed by atoms with Crippen LogP contribution in [0.5, 0.6) is 0 Å². The lowest BCUT2D eigenvalue weighted by Gasteiger charge is -2.36. The molecule has 0 bridgehead atoms. The van der Waals surface area contributed by atoms with Gasteiger partial charge >= 0.3 is 12.1 Å². The molecule has 1 atom stereocenters. The fourth-order valence-electron chi connectivity index (χ4n) is 4.78. The van der Waals surface area contributed by atoms with Crippen LogP contribution in [0.3, 0.4) is 0 Å². The van der Waals surface area contributed by atoms with Gasteiger partial charge in [-0.3, -0.25) is 4.79 Å². The molecule has 0 spiro atoms. The van der Waals surface area contributed by atoms with Crippen molar-refractivity contribution in [3.05, 3.63) is 59.7 Å². The lowest BCUT2D eigenvalue weighted by Crippen LogP contribution is -2.53. The summed E-state index contributed by atoms with van der Waals surface area (Å²) in [6.07, 6.45) is -0.961. The number of benzene rings is 2. The maximum absolute atomic E-state index is 13.0. The van der Waals surface area contributed by atoms with Crippen LogP contribution in [0, 0.1) is 5.41 Å². The van der Waals surface area contributed by atoms with E-state index in [9.17, 15) is 14.4 Å². The quantitative estimate of drug-likeness (QED) is 0.502. The molecule has 9 nitrogen and oxygen atoms in total. The van der Waals surface area contributed by atoms with Crippen molar-refractivity contribution in [3.8, 4) is 11.1 Å². The predicted molar refractivity (Wildman–Crippen MR) is 127 cm³/mol. The van der Waals surface area contributed by atoms with Crippen molar-refractivity contribution in [1.29, 1.82) is 0 Å². The second-order valence-electron chi connectivity index (χ2n) is 8.84. The Labute approximate surface area is 203 Å². The molecule has 1 unspecified atom stereocenters. The first-order chi connectivity index (χ1) is 16.9. The third kappa shape index (κ3) is 5.31. The molecule has 3 N–H and O–H groups in total. The normalized spacial score (nSPS) is 17.1. The predicted octanol–water partition coefficient (Wildman–Crippen LogP) is 2.54. The van der Waals surface area contributed by atoms with Crippen molar-refractivity contribution in [2.45, 2.75) is 24.9 Å². The smallest absolute Gasteiger partial charge is 0.407 e. The zero-order valence-corrected chi connectivity index (χ0v) is 19.6. The molecule has 1 fully saturated rings. The Bertz CT molecular complexity index is 1040. The first-order valence-corrected chi connectivity index (χ1v) is 11.7. The van der Waals surface area contributed by atoms with E-state index in [1.807, 2.05) is 36.4 Å². The molecule has 1 saturated heterocycles. The van der Waals surface area contributed by atoms with E-state index in [1.54, 1.807) is 0 Å². The van der Waals surface area contributed by atoms with Gasteiger partial charge in [-0.15, -0.1) is 0 Å². The van der Waals surface area contributed by atoms with Crippen LogP contribution in [-0.4, -0.2) is 69.2 Å². The summed E-state index contributed by atoms with van der Waals surface area (Å²) in [6, 6.07) is 16.2. The van der Waals surface area contributed by atoms with Gasteiger partial charge in [-0.25, -0.2) is 9.59 Å². The summed E-state index contributed by atoms with van der Waals surface area (Å²) in [6.45, 7) is 0.803. The largest absolute Gasteiger partial charge is 0.479 e. The first-order valence-electron chi connectivity index (χ1n) is 11.7. The molecule has 2 aliphatic rings. The molecule has 1 heterocycles. The molecular weight excluding hydrogens is 452 g/mol. The molecule has 186 valence electrons. The number of carboxylic acids is 1. The molecule has 1 aliphatic carbocycles. The molecule has 35 heavy (non-hydrogen) atoms.